The standard InChI is InChI=1S/C20H25N3O3/c1-13-17(14(2)22(3)21-13)6-7-20(24)23-9-8-15-10-18(25-4)19(26-5)11-16(15)12-23/h6-7,10-11H,8-9,12H2,1-5H3/b7-6+. The fourth-order valence-corrected chi connectivity index (χ4v) is 3.36. The minimum Gasteiger partial charge on any atom is -0.493 e. The molecule has 6 nitrogen and oxygen atoms in total. The zero-order chi connectivity index (χ0) is 18.8. The molecule has 3 rings (SSSR count). The summed E-state index contributed by atoms with van der Waals surface area (Å²) in [5.74, 6) is 1.43. The van der Waals surface area contributed by atoms with Crippen LogP contribution >= 0.6 is 0 Å². The third kappa shape index (κ3) is 3.31. The van der Waals surface area contributed by atoms with Gasteiger partial charge in [-0.05, 0) is 49.6 Å². The van der Waals surface area contributed by atoms with Crippen molar-refractivity contribution in [2.24, 2.45) is 7.05 Å². The summed E-state index contributed by atoms with van der Waals surface area (Å²) in [5, 5.41) is 4.38. The molecule has 2 heterocycles. The number of fused-ring (bicyclic) bond motifs is 1. The van der Waals surface area contributed by atoms with Gasteiger partial charge in [-0.15, -0.1) is 0 Å². The summed E-state index contributed by atoms with van der Waals surface area (Å²) >= 11 is 0. The van der Waals surface area contributed by atoms with Gasteiger partial charge in [-0.3, -0.25) is 9.48 Å². The van der Waals surface area contributed by atoms with Gasteiger partial charge >= 0.3 is 0 Å². The van der Waals surface area contributed by atoms with E-state index in [4.69, 9.17) is 9.47 Å². The summed E-state index contributed by atoms with van der Waals surface area (Å²) in [4.78, 5) is 14.5. The van der Waals surface area contributed by atoms with Crippen molar-refractivity contribution in [3.8, 4) is 11.5 Å². The Labute approximate surface area is 154 Å². The number of nitrogens with zero attached hydrogens (tertiary/aromatic N) is 3. The van der Waals surface area contributed by atoms with E-state index in [-0.39, 0.29) is 5.91 Å². The van der Waals surface area contributed by atoms with Crippen LogP contribution in [-0.4, -0.2) is 41.4 Å². The van der Waals surface area contributed by atoms with E-state index in [2.05, 4.69) is 5.10 Å². The minimum atomic E-state index is 0.00749. The molecular weight excluding hydrogens is 330 g/mol. The number of ether oxygens (including phenoxy) is 2. The van der Waals surface area contributed by atoms with E-state index in [1.807, 2.05) is 48.7 Å². The number of aryl methyl sites for hydroxylation is 2. The summed E-state index contributed by atoms with van der Waals surface area (Å²) in [5.41, 5.74) is 5.28. The van der Waals surface area contributed by atoms with E-state index in [9.17, 15) is 4.79 Å². The highest BCUT2D eigenvalue weighted by Crippen LogP contribution is 2.33. The van der Waals surface area contributed by atoms with Gasteiger partial charge in [-0.25, -0.2) is 0 Å². The SMILES string of the molecule is COc1cc2c(cc1OC)CN(C(=O)/C=C/c1c(C)nn(C)c1C)CC2. The summed E-state index contributed by atoms with van der Waals surface area (Å²) in [7, 11) is 5.16. The number of amides is 1. The quantitative estimate of drug-likeness (QED) is 0.791. The van der Waals surface area contributed by atoms with Crippen molar-refractivity contribution in [3.63, 3.8) is 0 Å². The molecule has 0 atom stereocenters. The zero-order valence-corrected chi connectivity index (χ0v) is 16.0. The fraction of sp³-hybridized carbons (Fsp3) is 0.400. The minimum absolute atomic E-state index is 0.00749. The van der Waals surface area contributed by atoms with Gasteiger partial charge in [0.25, 0.3) is 0 Å². The van der Waals surface area contributed by atoms with Crippen molar-refractivity contribution in [2.45, 2.75) is 26.8 Å². The summed E-state index contributed by atoms with van der Waals surface area (Å²) in [6.45, 7) is 5.22. The monoisotopic (exact) mass is 355 g/mol. The molecule has 0 saturated carbocycles. The van der Waals surface area contributed by atoms with Gasteiger partial charge in [0, 0.05) is 37.5 Å². The van der Waals surface area contributed by atoms with Crippen LogP contribution in [0.25, 0.3) is 6.08 Å². The second-order valence-corrected chi connectivity index (χ2v) is 6.53. The first-order chi connectivity index (χ1) is 12.4. The predicted octanol–water partition coefficient (Wildman–Crippen LogP) is 2.65. The number of aromatic nitrogens is 2. The van der Waals surface area contributed by atoms with Crippen LogP contribution in [0.4, 0.5) is 0 Å². The molecule has 6 heteroatoms. The predicted molar refractivity (Wildman–Crippen MR) is 100 cm³/mol. The maximum Gasteiger partial charge on any atom is 0.246 e. The fourth-order valence-electron chi connectivity index (χ4n) is 3.36. The lowest BCUT2D eigenvalue weighted by Gasteiger charge is -2.28. The molecular formula is C20H25N3O3. The van der Waals surface area contributed by atoms with E-state index < -0.39 is 0 Å². The molecule has 1 amide bonds. The number of carbonyl (C=O) groups is 1. The third-order valence-corrected chi connectivity index (χ3v) is 4.99. The molecule has 1 aliphatic heterocycles. The van der Waals surface area contributed by atoms with Gasteiger partial charge in [0.2, 0.25) is 5.91 Å². The zero-order valence-electron chi connectivity index (χ0n) is 16.0. The molecule has 0 unspecified atom stereocenters. The molecule has 0 bridgehead atoms. The molecule has 0 saturated heterocycles. The topological polar surface area (TPSA) is 56.6 Å². The molecule has 1 aromatic carbocycles. The average Bonchev–Trinajstić information content (AvgIpc) is 2.89. The number of rotatable bonds is 4. The van der Waals surface area contributed by atoms with Crippen molar-refractivity contribution >= 4 is 12.0 Å². The molecule has 0 N–H and O–H groups in total. The molecule has 2 aromatic rings. The van der Waals surface area contributed by atoms with Crippen LogP contribution in [0.1, 0.15) is 28.1 Å². The van der Waals surface area contributed by atoms with Crippen molar-refractivity contribution < 1.29 is 14.3 Å². The molecule has 138 valence electrons. The largest absolute Gasteiger partial charge is 0.493 e. The average molecular weight is 355 g/mol. The highest BCUT2D eigenvalue weighted by molar-refractivity contribution is 5.92. The number of carbonyl (C=O) groups excluding carboxylic acids is 1. The van der Waals surface area contributed by atoms with E-state index in [1.165, 1.54) is 5.56 Å². The molecule has 0 fully saturated rings. The van der Waals surface area contributed by atoms with E-state index in [0.717, 1.165) is 34.7 Å². The Morgan fingerprint density at radius 2 is 1.81 bits per heavy atom. The number of hydrogen-bond acceptors (Lipinski definition) is 4. The second kappa shape index (κ2) is 7.23. The third-order valence-electron chi connectivity index (χ3n) is 4.99. The summed E-state index contributed by atoms with van der Waals surface area (Å²) in [6.07, 6.45) is 4.31. The number of benzene rings is 1. The first kappa shape index (κ1) is 18.0. The summed E-state index contributed by atoms with van der Waals surface area (Å²) < 4.78 is 12.6. The lowest BCUT2D eigenvalue weighted by molar-refractivity contribution is -0.126. The van der Waals surface area contributed by atoms with Crippen molar-refractivity contribution in [3.05, 3.63) is 46.3 Å². The van der Waals surface area contributed by atoms with Crippen LogP contribution in [0.2, 0.25) is 0 Å². The van der Waals surface area contributed by atoms with E-state index in [0.29, 0.717) is 18.8 Å². The highest BCUT2D eigenvalue weighted by Gasteiger charge is 2.21. The lowest BCUT2D eigenvalue weighted by atomic mass is 9.98. The Bertz CT molecular complexity index is 868. The highest BCUT2D eigenvalue weighted by atomic mass is 16.5. The van der Waals surface area contributed by atoms with Gasteiger partial charge in [0.05, 0.1) is 19.9 Å². The Kier molecular flexibility index (Phi) is 5.02. The smallest absolute Gasteiger partial charge is 0.246 e. The maximum atomic E-state index is 12.6. The number of methoxy groups -OCH3 is 2. The Morgan fingerprint density at radius 3 is 2.38 bits per heavy atom. The molecule has 1 aliphatic rings. The van der Waals surface area contributed by atoms with Crippen LogP contribution < -0.4 is 9.47 Å². The van der Waals surface area contributed by atoms with Crippen molar-refractivity contribution in [2.75, 3.05) is 20.8 Å². The molecule has 0 aliphatic carbocycles. The molecule has 0 spiro atoms. The van der Waals surface area contributed by atoms with Crippen molar-refractivity contribution in [1.29, 1.82) is 0 Å². The van der Waals surface area contributed by atoms with Gasteiger partial charge < -0.3 is 14.4 Å². The normalized spacial score (nSPS) is 13.8. The Morgan fingerprint density at radius 1 is 1.15 bits per heavy atom. The van der Waals surface area contributed by atoms with Gasteiger partial charge in [-0.1, -0.05) is 0 Å². The van der Waals surface area contributed by atoms with Crippen LogP contribution in [0.3, 0.4) is 0 Å². The van der Waals surface area contributed by atoms with Gasteiger partial charge in [-0.2, -0.15) is 5.10 Å². The van der Waals surface area contributed by atoms with E-state index >= 15 is 0 Å². The first-order valence-corrected chi connectivity index (χ1v) is 8.65. The Hall–Kier alpha value is -2.76. The lowest BCUT2D eigenvalue weighted by Crippen LogP contribution is -2.34. The van der Waals surface area contributed by atoms with Crippen LogP contribution in [0, 0.1) is 13.8 Å². The van der Waals surface area contributed by atoms with Crippen LogP contribution in [-0.2, 0) is 24.8 Å². The molecule has 1 aromatic heterocycles. The Balaban J connectivity index is 1.78. The number of hydrogen-bond donors (Lipinski definition) is 0. The van der Waals surface area contributed by atoms with Gasteiger partial charge in [0.15, 0.2) is 11.5 Å². The van der Waals surface area contributed by atoms with Gasteiger partial charge in [0.1, 0.15) is 0 Å². The first-order valence-electron chi connectivity index (χ1n) is 8.65. The maximum absolute atomic E-state index is 12.6. The van der Waals surface area contributed by atoms with Crippen LogP contribution in [0.15, 0.2) is 18.2 Å². The van der Waals surface area contributed by atoms with Crippen molar-refractivity contribution in [1.82, 2.24) is 14.7 Å². The summed E-state index contributed by atoms with van der Waals surface area (Å²) in [6, 6.07) is 3.97. The van der Waals surface area contributed by atoms with E-state index in [1.54, 1.807) is 20.3 Å². The van der Waals surface area contributed by atoms with Crippen LogP contribution in [0.5, 0.6) is 11.5 Å². The second-order valence-electron chi connectivity index (χ2n) is 6.53. The molecule has 0 radical (unpaired) electrons. The molecule has 26 heavy (non-hydrogen) atoms.